The molecule has 1 unspecified atom stereocenters. The first-order valence-corrected chi connectivity index (χ1v) is 8.07. The maximum Gasteiger partial charge on any atom is 0.230 e. The minimum Gasteiger partial charge on any atom is -0.345 e. The van der Waals surface area contributed by atoms with Gasteiger partial charge in [0.25, 0.3) is 0 Å². The van der Waals surface area contributed by atoms with E-state index in [1.807, 2.05) is 36.4 Å². The number of amides is 2. The number of hydrogen-bond donors (Lipinski definition) is 0. The summed E-state index contributed by atoms with van der Waals surface area (Å²) in [6.07, 6.45) is 4.50. The molecule has 124 valence electrons. The number of anilines is 1. The summed E-state index contributed by atoms with van der Waals surface area (Å²) in [4.78, 5) is 32.5. The van der Waals surface area contributed by atoms with Gasteiger partial charge < -0.3 is 9.80 Å². The molecule has 5 nitrogen and oxygen atoms in total. The van der Waals surface area contributed by atoms with Crippen LogP contribution in [-0.2, 0) is 16.0 Å². The van der Waals surface area contributed by atoms with Gasteiger partial charge in [0.2, 0.25) is 11.8 Å². The Bertz CT molecular complexity index is 745. The van der Waals surface area contributed by atoms with Crippen LogP contribution in [0.3, 0.4) is 0 Å². The van der Waals surface area contributed by atoms with Crippen LogP contribution in [0.15, 0.2) is 48.8 Å². The van der Waals surface area contributed by atoms with Gasteiger partial charge in [0.1, 0.15) is 0 Å². The molecule has 0 saturated carbocycles. The molecule has 5 heteroatoms. The molecule has 2 heterocycles. The third kappa shape index (κ3) is 3.15. The van der Waals surface area contributed by atoms with Gasteiger partial charge in [0.15, 0.2) is 0 Å². The lowest BCUT2D eigenvalue weighted by molar-refractivity contribution is -0.134. The zero-order chi connectivity index (χ0) is 17.1. The summed E-state index contributed by atoms with van der Waals surface area (Å²) in [6, 6.07) is 11.5. The van der Waals surface area contributed by atoms with Crippen LogP contribution in [0.2, 0.25) is 0 Å². The lowest BCUT2D eigenvalue weighted by atomic mass is 9.88. The van der Waals surface area contributed by atoms with Crippen LogP contribution < -0.4 is 4.90 Å². The predicted octanol–water partition coefficient (Wildman–Crippen LogP) is 2.23. The third-order valence-corrected chi connectivity index (χ3v) is 4.59. The van der Waals surface area contributed by atoms with Crippen molar-refractivity contribution in [2.24, 2.45) is 0 Å². The zero-order valence-electron chi connectivity index (χ0n) is 14.0. The van der Waals surface area contributed by atoms with Crippen molar-refractivity contribution >= 4 is 17.5 Å². The molecule has 0 saturated heterocycles. The second kappa shape index (κ2) is 6.83. The summed E-state index contributed by atoms with van der Waals surface area (Å²) in [6.45, 7) is 0.617. The van der Waals surface area contributed by atoms with Gasteiger partial charge in [-0.1, -0.05) is 18.2 Å². The highest BCUT2D eigenvalue weighted by Gasteiger charge is 2.34. The van der Waals surface area contributed by atoms with E-state index in [0.29, 0.717) is 6.54 Å². The Kier molecular flexibility index (Phi) is 4.60. The largest absolute Gasteiger partial charge is 0.345 e. The van der Waals surface area contributed by atoms with Crippen LogP contribution in [0.25, 0.3) is 0 Å². The summed E-state index contributed by atoms with van der Waals surface area (Å²) in [5.74, 6) is -0.417. The Morgan fingerprint density at radius 1 is 1.25 bits per heavy atom. The molecule has 1 aliphatic heterocycles. The number of para-hydroxylation sites is 1. The van der Waals surface area contributed by atoms with Crippen molar-refractivity contribution in [3.63, 3.8) is 0 Å². The van der Waals surface area contributed by atoms with E-state index >= 15 is 0 Å². The lowest BCUT2D eigenvalue weighted by Gasteiger charge is -2.33. The molecule has 1 aliphatic rings. The summed E-state index contributed by atoms with van der Waals surface area (Å²) >= 11 is 0. The second-order valence-corrected chi connectivity index (χ2v) is 6.13. The Morgan fingerprint density at radius 2 is 1.96 bits per heavy atom. The first-order chi connectivity index (χ1) is 11.6. The van der Waals surface area contributed by atoms with Crippen LogP contribution in [-0.4, -0.2) is 42.3 Å². The van der Waals surface area contributed by atoms with Crippen molar-refractivity contribution in [3.8, 4) is 0 Å². The number of carbonyl (C=O) groups is 2. The van der Waals surface area contributed by atoms with Crippen LogP contribution in [0.4, 0.5) is 5.69 Å². The van der Waals surface area contributed by atoms with Crippen LogP contribution in [0.5, 0.6) is 0 Å². The first-order valence-electron chi connectivity index (χ1n) is 8.07. The van der Waals surface area contributed by atoms with Crippen molar-refractivity contribution < 1.29 is 9.59 Å². The molecule has 0 aliphatic carbocycles. The SMILES string of the molecule is CN(CCc1ccncc1)C(=O)C1CC(=O)N(C)c2ccccc21. The van der Waals surface area contributed by atoms with Crippen molar-refractivity contribution in [1.82, 2.24) is 9.88 Å². The van der Waals surface area contributed by atoms with Crippen molar-refractivity contribution in [2.75, 3.05) is 25.5 Å². The highest BCUT2D eigenvalue weighted by molar-refractivity contribution is 6.02. The van der Waals surface area contributed by atoms with E-state index in [4.69, 9.17) is 0 Å². The average Bonchev–Trinajstić information content (AvgIpc) is 2.63. The van der Waals surface area contributed by atoms with E-state index in [1.165, 1.54) is 0 Å². The molecule has 0 radical (unpaired) electrons. The first kappa shape index (κ1) is 16.2. The number of aromatic nitrogens is 1. The predicted molar refractivity (Wildman–Crippen MR) is 92.8 cm³/mol. The fourth-order valence-electron chi connectivity index (χ4n) is 3.09. The number of nitrogens with zero attached hydrogens (tertiary/aromatic N) is 3. The monoisotopic (exact) mass is 323 g/mol. The molecule has 2 aromatic rings. The minimum atomic E-state index is -0.396. The molecular weight excluding hydrogens is 302 g/mol. The van der Waals surface area contributed by atoms with Gasteiger partial charge >= 0.3 is 0 Å². The molecule has 1 aromatic carbocycles. The van der Waals surface area contributed by atoms with Crippen molar-refractivity contribution in [3.05, 3.63) is 59.9 Å². The van der Waals surface area contributed by atoms with E-state index in [0.717, 1.165) is 23.2 Å². The zero-order valence-corrected chi connectivity index (χ0v) is 14.0. The van der Waals surface area contributed by atoms with Crippen molar-refractivity contribution in [2.45, 2.75) is 18.8 Å². The van der Waals surface area contributed by atoms with Gasteiger partial charge in [0, 0.05) is 45.1 Å². The second-order valence-electron chi connectivity index (χ2n) is 6.13. The van der Waals surface area contributed by atoms with Crippen LogP contribution >= 0.6 is 0 Å². The van der Waals surface area contributed by atoms with E-state index in [1.54, 1.807) is 36.3 Å². The molecular formula is C19H21N3O2. The third-order valence-electron chi connectivity index (χ3n) is 4.59. The Balaban J connectivity index is 1.74. The Labute approximate surface area is 141 Å². The Hall–Kier alpha value is -2.69. The van der Waals surface area contributed by atoms with E-state index < -0.39 is 5.92 Å². The highest BCUT2D eigenvalue weighted by Crippen LogP contribution is 2.35. The molecule has 3 rings (SSSR count). The number of pyridine rings is 1. The number of carbonyl (C=O) groups excluding carboxylic acids is 2. The van der Waals surface area contributed by atoms with Gasteiger partial charge in [-0.2, -0.15) is 0 Å². The number of fused-ring (bicyclic) bond motifs is 1. The molecule has 0 fully saturated rings. The molecule has 0 bridgehead atoms. The van der Waals surface area contributed by atoms with Gasteiger partial charge in [-0.25, -0.2) is 0 Å². The standard InChI is InChI=1S/C19H21N3O2/c1-21(12-9-14-7-10-20-11-8-14)19(24)16-13-18(23)22(2)17-6-4-3-5-15(16)17/h3-8,10-11,16H,9,12-13H2,1-2H3. The van der Waals surface area contributed by atoms with Crippen LogP contribution in [0, 0.1) is 0 Å². The van der Waals surface area contributed by atoms with Crippen molar-refractivity contribution in [1.29, 1.82) is 0 Å². The maximum atomic E-state index is 12.9. The average molecular weight is 323 g/mol. The Morgan fingerprint density at radius 3 is 2.71 bits per heavy atom. The molecule has 0 N–H and O–H groups in total. The molecule has 24 heavy (non-hydrogen) atoms. The maximum absolute atomic E-state index is 12.9. The summed E-state index contributed by atoms with van der Waals surface area (Å²) < 4.78 is 0. The number of rotatable bonds is 4. The quantitative estimate of drug-likeness (QED) is 0.867. The van der Waals surface area contributed by atoms with Gasteiger partial charge in [-0.05, 0) is 35.7 Å². The molecule has 1 atom stereocenters. The molecule has 1 aromatic heterocycles. The highest BCUT2D eigenvalue weighted by atomic mass is 16.2. The fourth-order valence-corrected chi connectivity index (χ4v) is 3.09. The summed E-state index contributed by atoms with van der Waals surface area (Å²) in [7, 11) is 3.56. The normalized spacial score (nSPS) is 16.7. The number of hydrogen-bond acceptors (Lipinski definition) is 3. The number of benzene rings is 1. The fraction of sp³-hybridized carbons (Fsp3) is 0.316. The number of likely N-dealkylation sites (N-methyl/N-ethyl adjacent to an activating group) is 1. The van der Waals surface area contributed by atoms with Gasteiger partial charge in [0.05, 0.1) is 5.92 Å². The topological polar surface area (TPSA) is 53.5 Å². The van der Waals surface area contributed by atoms with E-state index in [-0.39, 0.29) is 18.2 Å². The van der Waals surface area contributed by atoms with E-state index in [9.17, 15) is 9.59 Å². The lowest BCUT2D eigenvalue weighted by Crippen LogP contribution is -2.40. The minimum absolute atomic E-state index is 0.00189. The van der Waals surface area contributed by atoms with Gasteiger partial charge in [-0.3, -0.25) is 14.6 Å². The van der Waals surface area contributed by atoms with Gasteiger partial charge in [-0.15, -0.1) is 0 Å². The summed E-state index contributed by atoms with van der Waals surface area (Å²) in [5, 5.41) is 0. The van der Waals surface area contributed by atoms with Crippen LogP contribution in [0.1, 0.15) is 23.5 Å². The smallest absolute Gasteiger partial charge is 0.230 e. The summed E-state index contributed by atoms with van der Waals surface area (Å²) in [5.41, 5.74) is 2.90. The molecule has 2 amide bonds. The van der Waals surface area contributed by atoms with E-state index in [2.05, 4.69) is 4.98 Å². The molecule has 0 spiro atoms.